The molecule has 1 heterocycles. The number of hydrogen-bond acceptors (Lipinski definition) is 2. The Labute approximate surface area is 143 Å². The predicted molar refractivity (Wildman–Crippen MR) is 92.4 cm³/mol. The first-order chi connectivity index (χ1) is 10.6. The molecule has 1 saturated carbocycles. The lowest BCUT2D eigenvalue weighted by atomic mass is 9.77. The van der Waals surface area contributed by atoms with Crippen LogP contribution < -0.4 is 10.6 Å². The third-order valence-corrected chi connectivity index (χ3v) is 5.41. The zero-order valence-electron chi connectivity index (χ0n) is 13.6. The molecule has 1 saturated heterocycles. The van der Waals surface area contributed by atoms with Gasteiger partial charge in [-0.15, -0.1) is 12.4 Å². The summed E-state index contributed by atoms with van der Waals surface area (Å²) in [5.41, 5.74) is 0.290. The molecule has 0 bridgehead atoms. The monoisotopic (exact) mass is 340 g/mol. The first-order valence-corrected chi connectivity index (χ1v) is 8.39. The van der Waals surface area contributed by atoms with Gasteiger partial charge in [0.2, 0.25) is 5.91 Å². The van der Waals surface area contributed by atoms with Crippen LogP contribution in [0.4, 0.5) is 4.39 Å². The minimum atomic E-state index is -0.542. The molecular formula is C18H26ClFN2O. The summed E-state index contributed by atoms with van der Waals surface area (Å²) < 4.78 is 13.6. The molecule has 23 heavy (non-hydrogen) atoms. The van der Waals surface area contributed by atoms with E-state index in [2.05, 4.69) is 17.6 Å². The van der Waals surface area contributed by atoms with Crippen LogP contribution >= 0.6 is 12.4 Å². The van der Waals surface area contributed by atoms with Gasteiger partial charge in [-0.1, -0.05) is 31.9 Å². The molecule has 3 rings (SSSR count). The van der Waals surface area contributed by atoms with Crippen molar-refractivity contribution in [1.82, 2.24) is 10.6 Å². The Morgan fingerprint density at radius 3 is 2.74 bits per heavy atom. The van der Waals surface area contributed by atoms with Crippen molar-refractivity contribution in [2.24, 2.45) is 5.92 Å². The maximum atomic E-state index is 13.6. The molecule has 128 valence electrons. The van der Waals surface area contributed by atoms with Crippen LogP contribution in [0.3, 0.4) is 0 Å². The van der Waals surface area contributed by atoms with Crippen LogP contribution in [-0.2, 0) is 10.2 Å². The molecule has 2 aliphatic rings. The van der Waals surface area contributed by atoms with E-state index >= 15 is 0 Å². The Kier molecular flexibility index (Phi) is 6.04. The number of piperidine rings is 1. The van der Waals surface area contributed by atoms with E-state index in [4.69, 9.17) is 0 Å². The fourth-order valence-electron chi connectivity index (χ4n) is 3.90. The topological polar surface area (TPSA) is 41.1 Å². The lowest BCUT2D eigenvalue weighted by Gasteiger charge is -2.35. The number of rotatable bonds is 3. The van der Waals surface area contributed by atoms with Crippen molar-refractivity contribution in [1.29, 1.82) is 0 Å². The number of benzene rings is 1. The van der Waals surface area contributed by atoms with Gasteiger partial charge in [0.15, 0.2) is 0 Å². The summed E-state index contributed by atoms with van der Waals surface area (Å²) >= 11 is 0. The van der Waals surface area contributed by atoms with Gasteiger partial charge in [0.25, 0.3) is 0 Å². The molecule has 1 aromatic carbocycles. The van der Waals surface area contributed by atoms with Gasteiger partial charge in [-0.2, -0.15) is 0 Å². The minimum Gasteiger partial charge on any atom is -0.351 e. The molecule has 1 aromatic rings. The van der Waals surface area contributed by atoms with Crippen molar-refractivity contribution < 1.29 is 9.18 Å². The van der Waals surface area contributed by atoms with Crippen LogP contribution in [0.5, 0.6) is 0 Å². The maximum absolute atomic E-state index is 13.6. The molecule has 0 radical (unpaired) electrons. The summed E-state index contributed by atoms with van der Waals surface area (Å²) in [5, 5.41) is 6.59. The number of carbonyl (C=O) groups is 1. The third-order valence-electron chi connectivity index (χ3n) is 5.41. The summed E-state index contributed by atoms with van der Waals surface area (Å²) in [6.07, 6.45) is 4.77. The first kappa shape index (κ1) is 18.2. The quantitative estimate of drug-likeness (QED) is 0.887. The molecule has 5 heteroatoms. The molecule has 1 amide bonds. The number of amides is 1. The second-order valence-electron chi connectivity index (χ2n) is 6.85. The average Bonchev–Trinajstić information content (AvgIpc) is 3.00. The summed E-state index contributed by atoms with van der Waals surface area (Å²) in [7, 11) is 0. The van der Waals surface area contributed by atoms with E-state index in [1.807, 2.05) is 6.07 Å². The molecule has 0 spiro atoms. The fraction of sp³-hybridized carbons (Fsp3) is 0.611. The van der Waals surface area contributed by atoms with E-state index in [1.54, 1.807) is 6.07 Å². The van der Waals surface area contributed by atoms with E-state index in [9.17, 15) is 9.18 Å². The number of hydrogen-bond donors (Lipinski definition) is 2. The minimum absolute atomic E-state index is 0. The van der Waals surface area contributed by atoms with E-state index in [0.717, 1.165) is 50.8 Å². The second kappa shape index (κ2) is 7.63. The molecule has 3 nitrogen and oxygen atoms in total. The van der Waals surface area contributed by atoms with Gasteiger partial charge < -0.3 is 10.6 Å². The molecule has 1 aliphatic heterocycles. The van der Waals surface area contributed by atoms with Crippen molar-refractivity contribution in [3.8, 4) is 0 Å². The third kappa shape index (κ3) is 3.69. The summed E-state index contributed by atoms with van der Waals surface area (Å²) in [4.78, 5) is 13.0. The molecule has 0 aromatic heterocycles. The molecule has 2 atom stereocenters. The highest BCUT2D eigenvalue weighted by Crippen LogP contribution is 2.41. The molecular weight excluding hydrogens is 315 g/mol. The van der Waals surface area contributed by atoms with Crippen LogP contribution in [0.15, 0.2) is 24.3 Å². The SMILES string of the molecule is CC1CCNCC1NC(=O)C1(c2cccc(F)c2)CCCC1.Cl. The zero-order chi connectivity index (χ0) is 15.6. The Balaban J connectivity index is 0.00000192. The smallest absolute Gasteiger partial charge is 0.230 e. The van der Waals surface area contributed by atoms with Crippen molar-refractivity contribution >= 4 is 18.3 Å². The summed E-state index contributed by atoms with van der Waals surface area (Å²) in [6, 6.07) is 6.76. The van der Waals surface area contributed by atoms with Gasteiger partial charge in [-0.3, -0.25) is 4.79 Å². The molecule has 2 unspecified atom stereocenters. The average molecular weight is 341 g/mol. The van der Waals surface area contributed by atoms with E-state index in [-0.39, 0.29) is 30.2 Å². The van der Waals surface area contributed by atoms with Gasteiger partial charge in [0, 0.05) is 12.6 Å². The Morgan fingerprint density at radius 2 is 2.09 bits per heavy atom. The highest BCUT2D eigenvalue weighted by molar-refractivity contribution is 5.89. The Hall–Kier alpha value is -1.13. The van der Waals surface area contributed by atoms with Crippen molar-refractivity contribution in [2.75, 3.05) is 13.1 Å². The molecule has 1 aliphatic carbocycles. The number of halogens is 2. The molecule has 2 N–H and O–H groups in total. The van der Waals surface area contributed by atoms with Crippen LogP contribution in [0.25, 0.3) is 0 Å². The summed E-state index contributed by atoms with van der Waals surface area (Å²) in [6.45, 7) is 4.03. The van der Waals surface area contributed by atoms with Gasteiger partial charge in [0.05, 0.1) is 5.41 Å². The molecule has 2 fully saturated rings. The van der Waals surface area contributed by atoms with Gasteiger partial charge in [0.1, 0.15) is 5.82 Å². The summed E-state index contributed by atoms with van der Waals surface area (Å²) in [5.74, 6) is 0.302. The predicted octanol–water partition coefficient (Wildman–Crippen LogP) is 3.17. The normalized spacial score (nSPS) is 26.3. The Bertz CT molecular complexity index is 546. The van der Waals surface area contributed by atoms with Crippen molar-refractivity contribution in [3.05, 3.63) is 35.6 Å². The van der Waals surface area contributed by atoms with Crippen molar-refractivity contribution in [3.63, 3.8) is 0 Å². The van der Waals surface area contributed by atoms with Crippen LogP contribution in [-0.4, -0.2) is 25.0 Å². The lowest BCUT2D eigenvalue weighted by Crippen LogP contribution is -2.54. The number of nitrogens with one attached hydrogen (secondary N) is 2. The standard InChI is InChI=1S/C18H25FN2O.ClH/c1-13-7-10-20-12-16(13)21-17(22)18(8-2-3-9-18)14-5-4-6-15(19)11-14;/h4-6,11,13,16,20H,2-3,7-10,12H2,1H3,(H,21,22);1H. The zero-order valence-corrected chi connectivity index (χ0v) is 14.4. The largest absolute Gasteiger partial charge is 0.351 e. The number of carbonyl (C=O) groups excluding carboxylic acids is 1. The second-order valence-corrected chi connectivity index (χ2v) is 6.85. The van der Waals surface area contributed by atoms with E-state index in [0.29, 0.717) is 5.92 Å². The van der Waals surface area contributed by atoms with E-state index in [1.165, 1.54) is 12.1 Å². The highest BCUT2D eigenvalue weighted by atomic mass is 35.5. The lowest BCUT2D eigenvalue weighted by molar-refractivity contribution is -0.127. The van der Waals surface area contributed by atoms with E-state index < -0.39 is 5.41 Å². The highest BCUT2D eigenvalue weighted by Gasteiger charge is 2.43. The van der Waals surface area contributed by atoms with Crippen LogP contribution in [0.2, 0.25) is 0 Å². The van der Waals surface area contributed by atoms with Crippen LogP contribution in [0.1, 0.15) is 44.6 Å². The van der Waals surface area contributed by atoms with Gasteiger partial charge in [-0.05, 0) is 49.4 Å². The Morgan fingerprint density at radius 1 is 1.35 bits per heavy atom. The first-order valence-electron chi connectivity index (χ1n) is 8.39. The van der Waals surface area contributed by atoms with Crippen LogP contribution in [0, 0.1) is 11.7 Å². The fourth-order valence-corrected chi connectivity index (χ4v) is 3.90. The van der Waals surface area contributed by atoms with Crippen molar-refractivity contribution in [2.45, 2.75) is 50.5 Å². The maximum Gasteiger partial charge on any atom is 0.230 e. The van der Waals surface area contributed by atoms with Gasteiger partial charge >= 0.3 is 0 Å². The van der Waals surface area contributed by atoms with Gasteiger partial charge in [-0.25, -0.2) is 4.39 Å².